The molecule has 2 aromatic carbocycles. The normalized spacial score (nSPS) is 23.3. The second-order valence-corrected chi connectivity index (χ2v) is 16.1. The van der Waals surface area contributed by atoms with Gasteiger partial charge in [0.1, 0.15) is 11.5 Å². The summed E-state index contributed by atoms with van der Waals surface area (Å²) in [5, 5.41) is 19.3. The molecule has 0 aromatic heterocycles. The van der Waals surface area contributed by atoms with Crippen LogP contribution in [0, 0.1) is 5.92 Å². The van der Waals surface area contributed by atoms with E-state index < -0.39 is 47.4 Å². The molecule has 0 amide bonds. The molecule has 2 aromatic rings. The molecule has 0 unspecified atom stereocenters. The van der Waals surface area contributed by atoms with Crippen LogP contribution in [0.1, 0.15) is 132 Å². The maximum Gasteiger partial charge on any atom is 0.490 e. The zero-order chi connectivity index (χ0) is 42.6. The predicted molar refractivity (Wildman–Crippen MR) is 216 cm³/mol. The zero-order valence-electron chi connectivity index (χ0n) is 34.6. The highest BCUT2D eigenvalue weighted by Crippen LogP contribution is 2.66. The molecule has 13 heteroatoms. The van der Waals surface area contributed by atoms with Gasteiger partial charge in [-0.1, -0.05) is 107 Å². The number of likely N-dealkylation sites (tertiary alicyclic amines) is 1. The average Bonchev–Trinajstić information content (AvgIpc) is 3.56. The number of halogens is 3. The summed E-state index contributed by atoms with van der Waals surface area (Å²) in [6.45, 7) is 2.93. The fraction of sp³-hybridized carbons (Fsp3) is 0.587. The standard InChI is InChI=1S/C44H59NO7.C2HF3O2/c1-4-5-6-7-8-9-10-11-12-13-14-15-16-17-21-24-37(46)51-39(32-22-19-18-20-23-32)42(47)50-35-27-28-36-43-29-30-45(2)44(36,48)31-33-25-26-34(49-3)40(38(33)43)52-41(35)43;3-2(4,5)1(6)7/h11-12,18-20,22-23,25-27,36,39,41,48H,4-10,13-17,21,24,28-31H2,1-3H3;(H,6,7)/b12-11-;/t36-,39-,41-,43-,44+;/m0./s1. The highest BCUT2D eigenvalue weighted by molar-refractivity contribution is 5.82. The number of ether oxygens (including phenoxy) is 4. The lowest BCUT2D eigenvalue weighted by Gasteiger charge is -2.60. The van der Waals surface area contributed by atoms with Gasteiger partial charge >= 0.3 is 24.1 Å². The summed E-state index contributed by atoms with van der Waals surface area (Å²) in [6.07, 6.45) is 17.0. The van der Waals surface area contributed by atoms with Crippen LogP contribution < -0.4 is 9.47 Å². The van der Waals surface area contributed by atoms with Crippen LogP contribution in [-0.4, -0.2) is 71.7 Å². The molecule has 2 N–H and O–H groups in total. The van der Waals surface area contributed by atoms with Crippen molar-refractivity contribution in [2.75, 3.05) is 20.7 Å². The average molecular weight is 828 g/mol. The van der Waals surface area contributed by atoms with Crippen molar-refractivity contribution in [2.24, 2.45) is 5.92 Å². The topological polar surface area (TPSA) is 132 Å². The van der Waals surface area contributed by atoms with Gasteiger partial charge in [0.15, 0.2) is 17.6 Å². The number of carbonyl (C=O) groups excluding carboxylic acids is 2. The van der Waals surface area contributed by atoms with Crippen LogP contribution in [0.2, 0.25) is 0 Å². The van der Waals surface area contributed by atoms with Crippen molar-refractivity contribution in [3.8, 4) is 11.5 Å². The van der Waals surface area contributed by atoms with E-state index in [0.29, 0.717) is 48.6 Å². The molecule has 59 heavy (non-hydrogen) atoms. The van der Waals surface area contributed by atoms with Gasteiger partial charge in [-0.05, 0) is 69.7 Å². The third kappa shape index (κ3) is 10.7. The summed E-state index contributed by atoms with van der Waals surface area (Å²) in [5.41, 5.74) is 1.02. The Hall–Kier alpha value is -4.36. The van der Waals surface area contributed by atoms with E-state index in [9.17, 15) is 27.9 Å². The first-order valence-corrected chi connectivity index (χ1v) is 21.2. The van der Waals surface area contributed by atoms with Crippen LogP contribution >= 0.6 is 0 Å². The molecule has 0 radical (unpaired) electrons. The van der Waals surface area contributed by atoms with Crippen LogP contribution in [0.25, 0.3) is 0 Å². The smallest absolute Gasteiger partial charge is 0.490 e. The van der Waals surface area contributed by atoms with E-state index in [-0.39, 0.29) is 12.3 Å². The fourth-order valence-corrected chi connectivity index (χ4v) is 9.17. The number of carbonyl (C=O) groups is 3. The van der Waals surface area contributed by atoms with E-state index in [4.69, 9.17) is 28.8 Å². The lowest BCUT2D eigenvalue weighted by molar-refractivity contribution is -0.205. The summed E-state index contributed by atoms with van der Waals surface area (Å²) >= 11 is 0. The van der Waals surface area contributed by atoms with Gasteiger partial charge in [0.05, 0.1) is 12.5 Å². The minimum atomic E-state index is -5.08. The van der Waals surface area contributed by atoms with Crippen molar-refractivity contribution in [1.82, 2.24) is 4.90 Å². The van der Waals surface area contributed by atoms with Gasteiger partial charge in [0.25, 0.3) is 0 Å². The summed E-state index contributed by atoms with van der Waals surface area (Å²) < 4.78 is 56.2. The summed E-state index contributed by atoms with van der Waals surface area (Å²) in [5.74, 6) is -2.29. The number of carboxylic acids is 1. The predicted octanol–water partition coefficient (Wildman–Crippen LogP) is 9.68. The zero-order valence-corrected chi connectivity index (χ0v) is 34.6. The number of benzene rings is 2. The number of piperidine rings is 1. The van der Waals surface area contributed by atoms with Crippen molar-refractivity contribution in [1.29, 1.82) is 0 Å². The lowest BCUT2D eigenvalue weighted by atomic mass is 9.51. The van der Waals surface area contributed by atoms with E-state index in [2.05, 4.69) is 24.0 Å². The molecule has 6 rings (SSSR count). The summed E-state index contributed by atoms with van der Waals surface area (Å²) in [6, 6.07) is 13.0. The van der Waals surface area contributed by atoms with E-state index in [1.54, 1.807) is 19.2 Å². The first-order valence-electron chi connectivity index (χ1n) is 21.2. The van der Waals surface area contributed by atoms with Gasteiger partial charge in [-0.2, -0.15) is 13.2 Å². The van der Waals surface area contributed by atoms with Gasteiger partial charge in [-0.3, -0.25) is 9.69 Å². The first kappa shape index (κ1) is 45.7. The van der Waals surface area contributed by atoms with Gasteiger partial charge in [-0.15, -0.1) is 0 Å². The Morgan fingerprint density at radius 2 is 1.58 bits per heavy atom. The molecule has 1 fully saturated rings. The number of alkyl halides is 3. The van der Waals surface area contributed by atoms with Gasteiger partial charge in [0, 0.05) is 36.4 Å². The third-order valence-electron chi connectivity index (χ3n) is 12.2. The number of unbranched alkanes of at least 4 members (excludes halogenated alkanes) is 11. The fourth-order valence-electron chi connectivity index (χ4n) is 9.17. The number of aliphatic hydroxyl groups is 1. The molecular formula is C46H60F3NO9. The Bertz CT molecular complexity index is 1800. The highest BCUT2D eigenvalue weighted by atomic mass is 19.4. The minimum Gasteiger partial charge on any atom is -0.493 e. The first-order chi connectivity index (χ1) is 28.3. The van der Waals surface area contributed by atoms with Crippen molar-refractivity contribution >= 4 is 17.9 Å². The van der Waals surface area contributed by atoms with Crippen molar-refractivity contribution in [3.63, 3.8) is 0 Å². The Morgan fingerprint density at radius 1 is 0.949 bits per heavy atom. The monoisotopic (exact) mass is 827 g/mol. The maximum atomic E-state index is 14.0. The minimum absolute atomic E-state index is 0.152. The molecule has 2 bridgehead atoms. The SMILES string of the molecule is CCCCCCCC/C=C\CCCCCCCC(=O)O[C@H](C(=O)OC1=CC[C@H]2[C@@]34CCN(C)[C@@]2(O)Cc2ccc(OC)c(c23)O[C@@H]14)c1ccccc1.O=C(O)C(F)(F)F. The molecule has 5 atom stereocenters. The third-order valence-corrected chi connectivity index (χ3v) is 12.2. The number of rotatable bonds is 20. The van der Waals surface area contributed by atoms with Crippen LogP contribution in [0.5, 0.6) is 11.5 Å². The number of nitrogens with zero attached hydrogens (tertiary/aromatic N) is 1. The molecule has 1 spiro atoms. The number of allylic oxidation sites excluding steroid dienone is 3. The van der Waals surface area contributed by atoms with E-state index >= 15 is 0 Å². The summed E-state index contributed by atoms with van der Waals surface area (Å²) in [7, 11) is 3.60. The number of carboxylic acid groups (broad SMARTS) is 1. The molecule has 0 saturated carbocycles. The number of methoxy groups -OCH3 is 1. The van der Waals surface area contributed by atoms with E-state index in [0.717, 1.165) is 49.7 Å². The molecule has 1 saturated heterocycles. The second kappa shape index (κ2) is 20.7. The lowest BCUT2D eigenvalue weighted by Crippen LogP contribution is -2.70. The Morgan fingerprint density at radius 3 is 2.20 bits per heavy atom. The van der Waals surface area contributed by atoms with Crippen LogP contribution in [0.3, 0.4) is 0 Å². The van der Waals surface area contributed by atoms with Crippen LogP contribution in [0.15, 0.2) is 66.5 Å². The van der Waals surface area contributed by atoms with Gasteiger partial charge in [0.2, 0.25) is 6.10 Å². The quantitative estimate of drug-likeness (QED) is 0.0756. The van der Waals surface area contributed by atoms with Gasteiger partial charge in [-0.25, -0.2) is 9.59 Å². The Labute approximate surface area is 345 Å². The number of esters is 2. The molecule has 4 aliphatic rings. The Balaban J connectivity index is 0.000000867. The Kier molecular flexibility index (Phi) is 16.1. The van der Waals surface area contributed by atoms with Gasteiger partial charge < -0.3 is 29.2 Å². The molecule has 2 aliphatic carbocycles. The molecule has 324 valence electrons. The number of hydrogen-bond acceptors (Lipinski definition) is 9. The van der Waals surface area contributed by atoms with Crippen LogP contribution in [-0.2, 0) is 35.7 Å². The molecule has 2 heterocycles. The molecular weight excluding hydrogens is 767 g/mol. The van der Waals surface area contributed by atoms with E-state index in [1.807, 2.05) is 43.5 Å². The summed E-state index contributed by atoms with van der Waals surface area (Å²) in [4.78, 5) is 38.1. The van der Waals surface area contributed by atoms with Crippen molar-refractivity contribution in [3.05, 3.63) is 83.1 Å². The molecule has 2 aliphatic heterocycles. The second-order valence-electron chi connectivity index (χ2n) is 16.1. The maximum absolute atomic E-state index is 14.0. The number of likely N-dealkylation sites (N-methyl/N-ethyl adjacent to an activating group) is 1. The number of hydrogen-bond donors (Lipinski definition) is 2. The highest BCUT2D eigenvalue weighted by Gasteiger charge is 2.69. The number of aliphatic carboxylic acids is 1. The van der Waals surface area contributed by atoms with Crippen molar-refractivity contribution in [2.45, 2.75) is 146 Å². The van der Waals surface area contributed by atoms with E-state index in [1.165, 1.54) is 44.9 Å². The largest absolute Gasteiger partial charge is 0.493 e. The van der Waals surface area contributed by atoms with Crippen molar-refractivity contribution < 1.29 is 56.7 Å². The molecule has 10 nitrogen and oxygen atoms in total. The van der Waals surface area contributed by atoms with Crippen LogP contribution in [0.4, 0.5) is 13.2 Å².